The molecule has 3 heteroatoms. The topological polar surface area (TPSA) is 35.0 Å². The highest BCUT2D eigenvalue weighted by atomic mass is 16.5. The number of hydrogen-bond donors (Lipinski definition) is 0. The third kappa shape index (κ3) is 2.02. The lowest BCUT2D eigenvalue weighted by Gasteiger charge is -2.01. The van der Waals surface area contributed by atoms with Gasteiger partial charge in [-0.15, -0.1) is 0 Å². The van der Waals surface area contributed by atoms with Crippen molar-refractivity contribution in [1.82, 2.24) is 9.97 Å². The third-order valence-electron chi connectivity index (χ3n) is 1.44. The Bertz CT molecular complexity index is 324. The first-order valence-electron chi connectivity index (χ1n) is 3.85. The highest BCUT2D eigenvalue weighted by Gasteiger charge is 1.94. The van der Waals surface area contributed by atoms with E-state index in [0.717, 1.165) is 0 Å². The Kier molecular flexibility index (Phi) is 2.18. The van der Waals surface area contributed by atoms with Crippen molar-refractivity contribution >= 4 is 0 Å². The molecule has 0 saturated carbocycles. The molecule has 2 rings (SSSR count). The summed E-state index contributed by atoms with van der Waals surface area (Å²) >= 11 is 0. The summed E-state index contributed by atoms with van der Waals surface area (Å²) < 4.78 is 5.37. The molecule has 0 atom stereocenters. The molecule has 13 heavy (non-hydrogen) atoms. The predicted octanol–water partition coefficient (Wildman–Crippen LogP) is 2.07. The summed E-state index contributed by atoms with van der Waals surface area (Å²) in [5.74, 6) is 1.20. The molecule has 0 spiro atoms. The van der Waals surface area contributed by atoms with Crippen molar-refractivity contribution in [1.29, 1.82) is 0 Å². The normalized spacial score (nSPS) is 9.54. The van der Waals surface area contributed by atoms with E-state index < -0.39 is 0 Å². The molecule has 0 aliphatic heterocycles. The van der Waals surface area contributed by atoms with Crippen LogP contribution in [0.15, 0.2) is 42.9 Å². The second-order valence-electron chi connectivity index (χ2n) is 2.38. The van der Waals surface area contributed by atoms with E-state index >= 15 is 0 Å². The Balaban J connectivity index is 2.16. The summed E-state index contributed by atoms with van der Waals surface area (Å²) in [6.07, 6.45) is 4.75. The third-order valence-corrected chi connectivity index (χ3v) is 1.44. The van der Waals surface area contributed by atoms with Crippen LogP contribution in [0, 0.1) is 6.07 Å². The average molecular weight is 171 g/mol. The van der Waals surface area contributed by atoms with Crippen LogP contribution in [0.1, 0.15) is 0 Å². The quantitative estimate of drug-likeness (QED) is 0.693. The highest BCUT2D eigenvalue weighted by Crippen LogP contribution is 2.16. The molecule has 2 aromatic rings. The van der Waals surface area contributed by atoms with E-state index in [1.54, 1.807) is 24.7 Å². The van der Waals surface area contributed by atoms with E-state index in [1.807, 2.05) is 18.2 Å². The first-order valence-corrected chi connectivity index (χ1v) is 3.85. The molecular formula is C10H7N2O. The molecule has 0 saturated heterocycles. The summed E-state index contributed by atoms with van der Waals surface area (Å²) in [7, 11) is 0. The molecule has 0 aliphatic rings. The molecule has 1 heterocycles. The minimum absolute atomic E-state index is 0.488. The van der Waals surface area contributed by atoms with Gasteiger partial charge >= 0.3 is 0 Å². The van der Waals surface area contributed by atoms with Gasteiger partial charge in [-0.2, -0.15) is 0 Å². The van der Waals surface area contributed by atoms with Crippen molar-refractivity contribution in [3.05, 3.63) is 48.9 Å². The molecule has 0 unspecified atom stereocenters. The molecule has 0 aliphatic carbocycles. The highest BCUT2D eigenvalue weighted by molar-refractivity contribution is 5.24. The smallest absolute Gasteiger partial charge is 0.237 e. The molecule has 0 bridgehead atoms. The van der Waals surface area contributed by atoms with Gasteiger partial charge < -0.3 is 4.74 Å². The number of ether oxygens (including phenoxy) is 1. The van der Waals surface area contributed by atoms with Gasteiger partial charge in [-0.1, -0.05) is 12.1 Å². The lowest BCUT2D eigenvalue weighted by atomic mass is 10.3. The van der Waals surface area contributed by atoms with Gasteiger partial charge in [0.2, 0.25) is 5.88 Å². The standard InChI is InChI=1S/C10H7N2O/c1-2-4-9(5-3-1)13-10-8-11-6-7-12-10/h1-2,4-8H. The molecule has 63 valence electrons. The molecule has 0 N–H and O–H groups in total. The zero-order chi connectivity index (χ0) is 8.93. The van der Waals surface area contributed by atoms with Crippen LogP contribution in [0.5, 0.6) is 11.6 Å². The van der Waals surface area contributed by atoms with Crippen LogP contribution in [-0.4, -0.2) is 9.97 Å². The monoisotopic (exact) mass is 171 g/mol. The minimum Gasteiger partial charge on any atom is -0.437 e. The lowest BCUT2D eigenvalue weighted by Crippen LogP contribution is -1.87. The summed E-state index contributed by atoms with van der Waals surface area (Å²) in [5, 5.41) is 0. The largest absolute Gasteiger partial charge is 0.437 e. The van der Waals surface area contributed by atoms with E-state index in [4.69, 9.17) is 4.74 Å². The Hall–Kier alpha value is -1.90. The maximum absolute atomic E-state index is 5.37. The van der Waals surface area contributed by atoms with E-state index in [0.29, 0.717) is 11.6 Å². The molecule has 0 amide bonds. The van der Waals surface area contributed by atoms with Crippen LogP contribution in [0.25, 0.3) is 0 Å². The predicted molar refractivity (Wildman–Crippen MR) is 47.4 cm³/mol. The van der Waals surface area contributed by atoms with Crippen LogP contribution >= 0.6 is 0 Å². The van der Waals surface area contributed by atoms with Gasteiger partial charge in [-0.25, -0.2) is 4.98 Å². The first-order chi connectivity index (χ1) is 6.45. The number of benzene rings is 1. The van der Waals surface area contributed by atoms with E-state index in [-0.39, 0.29) is 0 Å². The second kappa shape index (κ2) is 3.67. The van der Waals surface area contributed by atoms with E-state index in [1.165, 1.54) is 0 Å². The Morgan fingerprint density at radius 1 is 1.31 bits per heavy atom. The van der Waals surface area contributed by atoms with Gasteiger partial charge in [0.1, 0.15) is 5.75 Å². The molecule has 1 radical (unpaired) electrons. The van der Waals surface area contributed by atoms with Gasteiger partial charge in [-0.3, -0.25) is 4.98 Å². The van der Waals surface area contributed by atoms with E-state index in [2.05, 4.69) is 16.0 Å². The van der Waals surface area contributed by atoms with Crippen molar-refractivity contribution in [2.75, 3.05) is 0 Å². The maximum Gasteiger partial charge on any atom is 0.237 e. The van der Waals surface area contributed by atoms with Crippen molar-refractivity contribution in [2.24, 2.45) is 0 Å². The van der Waals surface area contributed by atoms with Gasteiger partial charge in [-0.05, 0) is 18.2 Å². The fraction of sp³-hybridized carbons (Fsp3) is 0. The summed E-state index contributed by atoms with van der Waals surface area (Å²) in [4.78, 5) is 7.86. The molecular weight excluding hydrogens is 164 g/mol. The van der Waals surface area contributed by atoms with Crippen LogP contribution in [0.2, 0.25) is 0 Å². The number of rotatable bonds is 2. The molecule has 3 nitrogen and oxygen atoms in total. The van der Waals surface area contributed by atoms with Crippen molar-refractivity contribution in [2.45, 2.75) is 0 Å². The zero-order valence-corrected chi connectivity index (χ0v) is 6.84. The maximum atomic E-state index is 5.37. The van der Waals surface area contributed by atoms with Crippen LogP contribution in [-0.2, 0) is 0 Å². The van der Waals surface area contributed by atoms with Crippen molar-refractivity contribution < 1.29 is 4.74 Å². The number of aromatic nitrogens is 2. The molecule has 1 aromatic heterocycles. The van der Waals surface area contributed by atoms with Crippen molar-refractivity contribution in [3.63, 3.8) is 0 Å². The fourth-order valence-electron chi connectivity index (χ4n) is 0.899. The fourth-order valence-corrected chi connectivity index (χ4v) is 0.899. The molecule has 1 aromatic carbocycles. The number of hydrogen-bond acceptors (Lipinski definition) is 3. The average Bonchev–Trinajstić information content (AvgIpc) is 2.21. The summed E-state index contributed by atoms with van der Waals surface area (Å²) in [6, 6.07) is 10.2. The second-order valence-corrected chi connectivity index (χ2v) is 2.38. The van der Waals surface area contributed by atoms with Crippen LogP contribution < -0.4 is 4.74 Å². The first kappa shape index (κ1) is 7.73. The van der Waals surface area contributed by atoms with Gasteiger partial charge in [0.05, 0.1) is 6.20 Å². The molecule has 0 fully saturated rings. The SMILES string of the molecule is [c]1cccc(Oc2cnccn2)c1. The van der Waals surface area contributed by atoms with Crippen LogP contribution in [0.4, 0.5) is 0 Å². The van der Waals surface area contributed by atoms with Gasteiger partial charge in [0, 0.05) is 12.4 Å². The Labute approximate surface area is 76.0 Å². The minimum atomic E-state index is 0.488. The van der Waals surface area contributed by atoms with E-state index in [9.17, 15) is 0 Å². The lowest BCUT2D eigenvalue weighted by molar-refractivity contribution is 0.460. The van der Waals surface area contributed by atoms with Crippen molar-refractivity contribution in [3.8, 4) is 11.6 Å². The summed E-state index contributed by atoms with van der Waals surface area (Å²) in [5.41, 5.74) is 0. The van der Waals surface area contributed by atoms with Crippen LogP contribution in [0.3, 0.4) is 0 Å². The Morgan fingerprint density at radius 2 is 2.31 bits per heavy atom. The van der Waals surface area contributed by atoms with Gasteiger partial charge in [0.15, 0.2) is 0 Å². The zero-order valence-electron chi connectivity index (χ0n) is 6.84. The Morgan fingerprint density at radius 3 is 3.00 bits per heavy atom. The van der Waals surface area contributed by atoms with Gasteiger partial charge in [0.25, 0.3) is 0 Å². The summed E-state index contributed by atoms with van der Waals surface area (Å²) in [6.45, 7) is 0. The number of nitrogens with zero attached hydrogens (tertiary/aromatic N) is 2.